The molecule has 1 atom stereocenters. The lowest BCUT2D eigenvalue weighted by atomic mass is 9.97. The Morgan fingerprint density at radius 3 is 2.31 bits per heavy atom. The molecule has 0 fully saturated rings. The monoisotopic (exact) mass is 429 g/mol. The summed E-state index contributed by atoms with van der Waals surface area (Å²) in [7, 11) is 0. The number of aryl methyl sites for hydroxylation is 2. The molecule has 0 spiro atoms. The standard InChI is InChI=1S/C27H28FN3O/c1-16(2)26-21(27(32)29-18(4)20-11-7-6-8-12-20)14-15-23-25(19(5)30-31(23)26)24-17(3)10-9-13-22(24)28/h6-16,18H,1-5H3,(H,29,32)/t18-/m1/s1. The van der Waals surface area contributed by atoms with Crippen molar-refractivity contribution in [3.63, 3.8) is 0 Å². The number of hydrogen-bond donors (Lipinski definition) is 1. The molecule has 0 bridgehead atoms. The highest BCUT2D eigenvalue weighted by atomic mass is 19.1. The van der Waals surface area contributed by atoms with Gasteiger partial charge >= 0.3 is 0 Å². The van der Waals surface area contributed by atoms with Crippen LogP contribution in [0.1, 0.15) is 65.6 Å². The molecule has 2 aromatic heterocycles. The lowest BCUT2D eigenvalue weighted by molar-refractivity contribution is 0.0937. The van der Waals surface area contributed by atoms with Crippen molar-refractivity contribution in [1.82, 2.24) is 14.9 Å². The first-order valence-electron chi connectivity index (χ1n) is 10.9. The van der Waals surface area contributed by atoms with Crippen molar-refractivity contribution in [3.8, 4) is 11.1 Å². The topological polar surface area (TPSA) is 46.4 Å². The molecule has 0 radical (unpaired) electrons. The minimum Gasteiger partial charge on any atom is -0.345 e. The summed E-state index contributed by atoms with van der Waals surface area (Å²) < 4.78 is 16.6. The number of pyridine rings is 1. The number of nitrogens with zero attached hydrogens (tertiary/aromatic N) is 2. The molecule has 4 nitrogen and oxygen atoms in total. The number of rotatable bonds is 5. The zero-order valence-electron chi connectivity index (χ0n) is 19.1. The Morgan fingerprint density at radius 1 is 0.938 bits per heavy atom. The van der Waals surface area contributed by atoms with Crippen molar-refractivity contribution in [2.24, 2.45) is 0 Å². The summed E-state index contributed by atoms with van der Waals surface area (Å²) in [4.78, 5) is 13.3. The smallest absolute Gasteiger partial charge is 0.253 e. The van der Waals surface area contributed by atoms with E-state index in [-0.39, 0.29) is 23.7 Å². The number of benzene rings is 2. The van der Waals surface area contributed by atoms with E-state index in [1.165, 1.54) is 6.07 Å². The summed E-state index contributed by atoms with van der Waals surface area (Å²) in [6.45, 7) is 9.83. The second-order valence-electron chi connectivity index (χ2n) is 8.58. The van der Waals surface area contributed by atoms with Crippen LogP contribution >= 0.6 is 0 Å². The summed E-state index contributed by atoms with van der Waals surface area (Å²) in [6, 6.07) is 18.5. The molecule has 164 valence electrons. The molecule has 2 aromatic carbocycles. The van der Waals surface area contributed by atoms with Gasteiger partial charge in [-0.25, -0.2) is 8.91 Å². The van der Waals surface area contributed by atoms with Gasteiger partial charge in [0.1, 0.15) is 5.82 Å². The highest BCUT2D eigenvalue weighted by molar-refractivity contribution is 5.97. The zero-order chi connectivity index (χ0) is 23.0. The maximum absolute atomic E-state index is 14.8. The fourth-order valence-electron chi connectivity index (χ4n) is 4.35. The van der Waals surface area contributed by atoms with E-state index < -0.39 is 0 Å². The SMILES string of the molecule is Cc1cccc(F)c1-c1c(C)nn2c(C(C)C)c(C(=O)N[C@H](C)c3ccccc3)ccc12. The zero-order valence-corrected chi connectivity index (χ0v) is 19.1. The average Bonchev–Trinajstić information content (AvgIpc) is 3.09. The number of nitrogens with one attached hydrogen (secondary N) is 1. The van der Waals surface area contributed by atoms with E-state index in [4.69, 9.17) is 5.10 Å². The van der Waals surface area contributed by atoms with Crippen LogP contribution in [-0.4, -0.2) is 15.5 Å². The number of fused-ring (bicyclic) bond motifs is 1. The summed E-state index contributed by atoms with van der Waals surface area (Å²) in [6.07, 6.45) is 0. The number of carbonyl (C=O) groups is 1. The molecule has 0 saturated carbocycles. The van der Waals surface area contributed by atoms with E-state index >= 15 is 0 Å². The summed E-state index contributed by atoms with van der Waals surface area (Å²) in [5.74, 6) is -0.378. The van der Waals surface area contributed by atoms with Gasteiger partial charge in [0.2, 0.25) is 0 Å². The van der Waals surface area contributed by atoms with Crippen molar-refractivity contribution in [2.75, 3.05) is 0 Å². The Labute approximate surface area is 188 Å². The van der Waals surface area contributed by atoms with Crippen LogP contribution in [0, 0.1) is 19.7 Å². The van der Waals surface area contributed by atoms with Gasteiger partial charge in [0, 0.05) is 11.1 Å². The van der Waals surface area contributed by atoms with Crippen molar-refractivity contribution >= 4 is 11.4 Å². The minimum atomic E-state index is -0.271. The normalized spacial score (nSPS) is 12.3. The van der Waals surface area contributed by atoms with Gasteiger partial charge in [-0.2, -0.15) is 5.10 Å². The Balaban J connectivity index is 1.83. The summed E-state index contributed by atoms with van der Waals surface area (Å²) in [5.41, 5.74) is 6.14. The van der Waals surface area contributed by atoms with Crippen molar-refractivity contribution in [2.45, 2.75) is 46.6 Å². The van der Waals surface area contributed by atoms with E-state index in [0.29, 0.717) is 11.1 Å². The van der Waals surface area contributed by atoms with Crippen LogP contribution < -0.4 is 5.32 Å². The fourth-order valence-corrected chi connectivity index (χ4v) is 4.35. The van der Waals surface area contributed by atoms with E-state index in [2.05, 4.69) is 5.32 Å². The third-order valence-corrected chi connectivity index (χ3v) is 5.92. The van der Waals surface area contributed by atoms with Crippen LogP contribution in [0.25, 0.3) is 16.6 Å². The molecule has 32 heavy (non-hydrogen) atoms. The van der Waals surface area contributed by atoms with Crippen LogP contribution in [0.4, 0.5) is 4.39 Å². The highest BCUT2D eigenvalue weighted by Crippen LogP contribution is 2.35. The van der Waals surface area contributed by atoms with Crippen LogP contribution in [0.15, 0.2) is 60.7 Å². The molecule has 0 saturated heterocycles. The molecule has 0 unspecified atom stereocenters. The van der Waals surface area contributed by atoms with E-state index in [1.54, 1.807) is 6.07 Å². The lowest BCUT2D eigenvalue weighted by Crippen LogP contribution is -2.28. The number of halogens is 1. The molecular formula is C27H28FN3O. The molecular weight excluding hydrogens is 401 g/mol. The Kier molecular flexibility index (Phi) is 5.83. The van der Waals surface area contributed by atoms with Gasteiger partial charge in [-0.1, -0.05) is 56.3 Å². The number of hydrogen-bond acceptors (Lipinski definition) is 2. The van der Waals surface area contributed by atoms with Crippen LogP contribution in [0.3, 0.4) is 0 Å². The first-order valence-corrected chi connectivity index (χ1v) is 10.9. The molecule has 1 N–H and O–H groups in total. The maximum atomic E-state index is 14.8. The highest BCUT2D eigenvalue weighted by Gasteiger charge is 2.24. The van der Waals surface area contributed by atoms with Gasteiger partial charge in [0.25, 0.3) is 5.91 Å². The first kappa shape index (κ1) is 21.8. The first-order chi connectivity index (χ1) is 15.3. The maximum Gasteiger partial charge on any atom is 0.253 e. The molecule has 1 amide bonds. The van der Waals surface area contributed by atoms with E-state index in [1.807, 2.05) is 87.7 Å². The van der Waals surface area contributed by atoms with Crippen molar-refractivity contribution in [1.29, 1.82) is 0 Å². The van der Waals surface area contributed by atoms with Crippen LogP contribution in [0.5, 0.6) is 0 Å². The molecule has 2 heterocycles. The Bertz CT molecular complexity index is 1270. The van der Waals surface area contributed by atoms with Crippen LogP contribution in [-0.2, 0) is 0 Å². The predicted molar refractivity (Wildman–Crippen MR) is 126 cm³/mol. The number of amides is 1. The second kappa shape index (κ2) is 8.58. The third kappa shape index (κ3) is 3.79. The van der Waals surface area contributed by atoms with Crippen molar-refractivity contribution < 1.29 is 9.18 Å². The van der Waals surface area contributed by atoms with Gasteiger partial charge < -0.3 is 5.32 Å². The number of aromatic nitrogens is 2. The Hall–Kier alpha value is -3.47. The fraction of sp³-hybridized carbons (Fsp3) is 0.259. The summed E-state index contributed by atoms with van der Waals surface area (Å²) >= 11 is 0. The molecule has 0 aliphatic heterocycles. The predicted octanol–water partition coefficient (Wildman–Crippen LogP) is 6.37. The molecule has 0 aliphatic carbocycles. The lowest BCUT2D eigenvalue weighted by Gasteiger charge is -2.18. The van der Waals surface area contributed by atoms with Gasteiger partial charge in [0.05, 0.1) is 28.5 Å². The third-order valence-electron chi connectivity index (χ3n) is 5.92. The summed E-state index contributed by atoms with van der Waals surface area (Å²) in [5, 5.41) is 7.85. The van der Waals surface area contributed by atoms with Gasteiger partial charge in [-0.3, -0.25) is 4.79 Å². The molecule has 4 rings (SSSR count). The van der Waals surface area contributed by atoms with Gasteiger partial charge in [-0.05, 0) is 56.0 Å². The second-order valence-corrected chi connectivity index (χ2v) is 8.58. The quantitative estimate of drug-likeness (QED) is 0.401. The Morgan fingerprint density at radius 2 is 1.66 bits per heavy atom. The van der Waals surface area contributed by atoms with Gasteiger partial charge in [0.15, 0.2) is 0 Å². The van der Waals surface area contributed by atoms with Gasteiger partial charge in [-0.15, -0.1) is 0 Å². The minimum absolute atomic E-state index is 0.0420. The van der Waals surface area contributed by atoms with Crippen molar-refractivity contribution in [3.05, 3.63) is 94.6 Å². The molecule has 5 heteroatoms. The molecule has 4 aromatic rings. The van der Waals surface area contributed by atoms with E-state index in [9.17, 15) is 9.18 Å². The van der Waals surface area contributed by atoms with E-state index in [0.717, 1.165) is 33.6 Å². The van der Waals surface area contributed by atoms with Crippen LogP contribution in [0.2, 0.25) is 0 Å². The molecule has 0 aliphatic rings. The average molecular weight is 430 g/mol. The number of carbonyl (C=O) groups excluding carboxylic acids is 1. The largest absolute Gasteiger partial charge is 0.345 e.